The summed E-state index contributed by atoms with van der Waals surface area (Å²) in [5.74, 6) is 1.41. The fraction of sp³-hybridized carbons (Fsp3) is 0.278. The van der Waals surface area contributed by atoms with Gasteiger partial charge in [0.15, 0.2) is 0 Å². The van der Waals surface area contributed by atoms with Crippen molar-refractivity contribution in [2.45, 2.75) is 13.5 Å². The van der Waals surface area contributed by atoms with Gasteiger partial charge in [0.25, 0.3) is 5.91 Å². The number of methoxy groups -OCH3 is 2. The highest BCUT2D eigenvalue weighted by Crippen LogP contribution is 2.25. The molecule has 0 fully saturated rings. The van der Waals surface area contributed by atoms with Gasteiger partial charge >= 0.3 is 0 Å². The molecule has 0 bridgehead atoms. The van der Waals surface area contributed by atoms with Crippen LogP contribution in [0.1, 0.15) is 21.5 Å². The van der Waals surface area contributed by atoms with E-state index in [2.05, 4.69) is 15.9 Å². The molecule has 4 nitrogen and oxygen atoms in total. The van der Waals surface area contributed by atoms with Crippen molar-refractivity contribution in [2.75, 3.05) is 21.3 Å². The van der Waals surface area contributed by atoms with Crippen molar-refractivity contribution in [1.29, 1.82) is 0 Å². The van der Waals surface area contributed by atoms with E-state index in [-0.39, 0.29) is 5.91 Å². The summed E-state index contributed by atoms with van der Waals surface area (Å²) in [6, 6.07) is 11.2. The fourth-order valence-corrected chi connectivity index (χ4v) is 2.78. The van der Waals surface area contributed by atoms with E-state index >= 15 is 0 Å². The van der Waals surface area contributed by atoms with Crippen molar-refractivity contribution in [2.24, 2.45) is 0 Å². The van der Waals surface area contributed by atoms with Crippen LogP contribution in [0.3, 0.4) is 0 Å². The normalized spacial score (nSPS) is 10.3. The third-order valence-electron chi connectivity index (χ3n) is 3.65. The quantitative estimate of drug-likeness (QED) is 0.788. The van der Waals surface area contributed by atoms with Crippen LogP contribution in [0.25, 0.3) is 0 Å². The van der Waals surface area contributed by atoms with Crippen LogP contribution < -0.4 is 9.47 Å². The molecule has 0 aromatic heterocycles. The van der Waals surface area contributed by atoms with Crippen molar-refractivity contribution in [1.82, 2.24) is 4.90 Å². The van der Waals surface area contributed by atoms with Gasteiger partial charge in [0.1, 0.15) is 11.5 Å². The van der Waals surface area contributed by atoms with E-state index in [1.807, 2.05) is 37.3 Å². The highest BCUT2D eigenvalue weighted by molar-refractivity contribution is 9.10. The average molecular weight is 378 g/mol. The van der Waals surface area contributed by atoms with Gasteiger partial charge in [0.2, 0.25) is 0 Å². The number of hydrogen-bond acceptors (Lipinski definition) is 3. The van der Waals surface area contributed by atoms with Gasteiger partial charge in [0, 0.05) is 29.2 Å². The number of carbonyl (C=O) groups excluding carboxylic acids is 1. The van der Waals surface area contributed by atoms with Gasteiger partial charge in [0.05, 0.1) is 14.2 Å². The Kier molecular flexibility index (Phi) is 5.66. The first kappa shape index (κ1) is 17.3. The number of nitrogens with zero attached hydrogens (tertiary/aromatic N) is 1. The Morgan fingerprint density at radius 3 is 2.43 bits per heavy atom. The number of amides is 1. The first-order valence-corrected chi connectivity index (χ1v) is 7.98. The molecule has 0 saturated carbocycles. The SMILES string of the molecule is COc1cc(C(=O)N(C)Cc2cc(Br)ccc2OC)ccc1C. The maximum Gasteiger partial charge on any atom is 0.254 e. The fourth-order valence-electron chi connectivity index (χ4n) is 2.37. The molecule has 2 rings (SSSR count). The number of halogens is 1. The minimum absolute atomic E-state index is 0.0645. The molecule has 0 atom stereocenters. The Balaban J connectivity index is 2.22. The number of carbonyl (C=O) groups is 1. The molecule has 0 aliphatic heterocycles. The van der Waals surface area contributed by atoms with E-state index in [9.17, 15) is 4.79 Å². The molecule has 0 aliphatic carbocycles. The van der Waals surface area contributed by atoms with Gasteiger partial charge in [-0.1, -0.05) is 22.0 Å². The lowest BCUT2D eigenvalue weighted by molar-refractivity contribution is 0.0784. The molecule has 122 valence electrons. The van der Waals surface area contributed by atoms with E-state index in [1.54, 1.807) is 32.2 Å². The Labute approximate surface area is 145 Å². The number of ether oxygens (including phenoxy) is 2. The van der Waals surface area contributed by atoms with Gasteiger partial charge in [-0.3, -0.25) is 4.79 Å². The van der Waals surface area contributed by atoms with Gasteiger partial charge in [-0.05, 0) is 42.8 Å². The highest BCUT2D eigenvalue weighted by atomic mass is 79.9. The van der Waals surface area contributed by atoms with Crippen LogP contribution in [0.4, 0.5) is 0 Å². The van der Waals surface area contributed by atoms with Gasteiger partial charge in [-0.2, -0.15) is 0 Å². The molecule has 5 heteroatoms. The molecule has 1 amide bonds. The van der Waals surface area contributed by atoms with Crippen LogP contribution in [0.2, 0.25) is 0 Å². The molecule has 0 radical (unpaired) electrons. The van der Waals surface area contributed by atoms with Crippen LogP contribution in [0.15, 0.2) is 40.9 Å². The Morgan fingerprint density at radius 2 is 1.78 bits per heavy atom. The Bertz CT molecular complexity index is 715. The van der Waals surface area contributed by atoms with Gasteiger partial charge in [-0.15, -0.1) is 0 Å². The van der Waals surface area contributed by atoms with E-state index in [0.717, 1.165) is 21.3 Å². The topological polar surface area (TPSA) is 38.8 Å². The monoisotopic (exact) mass is 377 g/mol. The molecule has 0 spiro atoms. The van der Waals surface area contributed by atoms with Crippen molar-refractivity contribution in [3.05, 3.63) is 57.6 Å². The Hall–Kier alpha value is -2.01. The molecule has 2 aromatic carbocycles. The average Bonchev–Trinajstić information content (AvgIpc) is 2.54. The molecule has 0 saturated heterocycles. The highest BCUT2D eigenvalue weighted by Gasteiger charge is 2.15. The lowest BCUT2D eigenvalue weighted by atomic mass is 10.1. The molecule has 0 unspecified atom stereocenters. The first-order chi connectivity index (χ1) is 11.0. The lowest BCUT2D eigenvalue weighted by Crippen LogP contribution is -2.26. The lowest BCUT2D eigenvalue weighted by Gasteiger charge is -2.19. The maximum absolute atomic E-state index is 12.6. The summed E-state index contributed by atoms with van der Waals surface area (Å²) in [4.78, 5) is 14.3. The van der Waals surface area contributed by atoms with Crippen molar-refractivity contribution < 1.29 is 14.3 Å². The number of benzene rings is 2. The predicted molar refractivity (Wildman–Crippen MR) is 94.2 cm³/mol. The zero-order valence-electron chi connectivity index (χ0n) is 13.7. The second kappa shape index (κ2) is 7.51. The minimum atomic E-state index is -0.0645. The summed E-state index contributed by atoms with van der Waals surface area (Å²) in [5, 5.41) is 0. The van der Waals surface area contributed by atoms with Gasteiger partial charge in [-0.25, -0.2) is 0 Å². The summed E-state index contributed by atoms with van der Waals surface area (Å²) in [5.41, 5.74) is 2.54. The van der Waals surface area contributed by atoms with Crippen LogP contribution in [-0.4, -0.2) is 32.1 Å². The molecular weight excluding hydrogens is 358 g/mol. The van der Waals surface area contributed by atoms with Crippen LogP contribution in [0, 0.1) is 6.92 Å². The van der Waals surface area contributed by atoms with E-state index in [4.69, 9.17) is 9.47 Å². The summed E-state index contributed by atoms with van der Waals surface area (Å²) in [7, 11) is 5.00. The third-order valence-corrected chi connectivity index (χ3v) is 4.14. The third kappa shape index (κ3) is 4.05. The molecule has 0 N–H and O–H groups in total. The smallest absolute Gasteiger partial charge is 0.254 e. The number of hydrogen-bond donors (Lipinski definition) is 0. The summed E-state index contributed by atoms with van der Waals surface area (Å²) in [6.45, 7) is 2.40. The molecule has 0 aliphatic rings. The van der Waals surface area contributed by atoms with E-state index < -0.39 is 0 Å². The second-order valence-electron chi connectivity index (χ2n) is 5.30. The summed E-state index contributed by atoms with van der Waals surface area (Å²) >= 11 is 3.45. The van der Waals surface area contributed by atoms with Gasteiger partial charge < -0.3 is 14.4 Å². The molecule has 23 heavy (non-hydrogen) atoms. The molecule has 2 aromatic rings. The zero-order valence-corrected chi connectivity index (χ0v) is 15.3. The molecular formula is C18H20BrNO3. The van der Waals surface area contributed by atoms with Crippen LogP contribution in [0.5, 0.6) is 11.5 Å². The second-order valence-corrected chi connectivity index (χ2v) is 6.22. The number of rotatable bonds is 5. The minimum Gasteiger partial charge on any atom is -0.496 e. The van der Waals surface area contributed by atoms with Crippen LogP contribution in [-0.2, 0) is 6.54 Å². The molecule has 0 heterocycles. The zero-order chi connectivity index (χ0) is 17.0. The number of aryl methyl sites for hydroxylation is 1. The van der Waals surface area contributed by atoms with E-state index in [0.29, 0.717) is 17.9 Å². The Morgan fingerprint density at radius 1 is 1.09 bits per heavy atom. The first-order valence-electron chi connectivity index (χ1n) is 7.18. The van der Waals surface area contributed by atoms with Crippen molar-refractivity contribution in [3.63, 3.8) is 0 Å². The van der Waals surface area contributed by atoms with Crippen molar-refractivity contribution in [3.8, 4) is 11.5 Å². The van der Waals surface area contributed by atoms with E-state index in [1.165, 1.54) is 0 Å². The predicted octanol–water partition coefficient (Wildman–Crippen LogP) is 4.05. The van der Waals surface area contributed by atoms with Crippen LogP contribution >= 0.6 is 15.9 Å². The maximum atomic E-state index is 12.6. The summed E-state index contributed by atoms with van der Waals surface area (Å²) in [6.07, 6.45) is 0. The van der Waals surface area contributed by atoms with Crippen molar-refractivity contribution >= 4 is 21.8 Å². The largest absolute Gasteiger partial charge is 0.496 e. The summed E-state index contributed by atoms with van der Waals surface area (Å²) < 4.78 is 11.6. The standard InChI is InChI=1S/C18H20BrNO3/c1-12-5-6-13(10-17(12)23-4)18(21)20(2)11-14-9-15(19)7-8-16(14)22-3/h5-10H,11H2,1-4H3.